The summed E-state index contributed by atoms with van der Waals surface area (Å²) in [5.74, 6) is -1.40. The molecule has 6 heteroatoms. The van der Waals surface area contributed by atoms with Crippen LogP contribution in [0.25, 0.3) is 0 Å². The highest BCUT2D eigenvalue weighted by Crippen LogP contribution is 2.11. The van der Waals surface area contributed by atoms with Crippen LogP contribution in [0.4, 0.5) is 0 Å². The molecule has 5 nitrogen and oxygen atoms in total. The first-order valence-electron chi connectivity index (χ1n) is 6.22. The largest absolute Gasteiger partial charge is 0.475 e. The molecule has 110 valence electrons. The number of benzene rings is 1. The highest BCUT2D eigenvalue weighted by molar-refractivity contribution is 7.85. The van der Waals surface area contributed by atoms with Crippen LogP contribution in [0.5, 0.6) is 0 Å². The monoisotopic (exact) mass is 306 g/mol. The van der Waals surface area contributed by atoms with Crippen molar-refractivity contribution in [2.24, 2.45) is 0 Å². The summed E-state index contributed by atoms with van der Waals surface area (Å²) in [5, 5.41) is 8.73. The number of carboxylic acid groups (broad SMARTS) is 1. The average molecular weight is 306 g/mol. The van der Waals surface area contributed by atoms with E-state index < -0.39 is 16.8 Å². The zero-order chi connectivity index (χ0) is 15.4. The van der Waals surface area contributed by atoms with Gasteiger partial charge in [-0.2, -0.15) is 0 Å². The molecule has 0 saturated heterocycles. The van der Waals surface area contributed by atoms with Crippen LogP contribution in [0.2, 0.25) is 0 Å². The predicted octanol–water partition coefficient (Wildman–Crippen LogP) is 2.42. The van der Waals surface area contributed by atoms with E-state index in [0.29, 0.717) is 11.3 Å². The van der Waals surface area contributed by atoms with Crippen LogP contribution in [0.3, 0.4) is 0 Å². The molecule has 0 bridgehead atoms. The Morgan fingerprint density at radius 2 is 1.81 bits per heavy atom. The molecule has 0 aliphatic heterocycles. The number of carbonyl (C=O) groups is 2. The summed E-state index contributed by atoms with van der Waals surface area (Å²) in [4.78, 5) is 22.6. The number of rotatable bonds is 6. The molecule has 0 fully saturated rings. The molecule has 0 radical (unpaired) electrons. The molecule has 0 aliphatic rings. The van der Waals surface area contributed by atoms with Crippen LogP contribution in [-0.2, 0) is 16.6 Å². The van der Waals surface area contributed by atoms with Crippen molar-refractivity contribution in [1.29, 1.82) is 0 Å². The SMILES string of the molecule is Cc1ccc(C(=O)CS(=O)Cc2ccc(C(=O)O)o2)cc1. The lowest BCUT2D eigenvalue weighted by Crippen LogP contribution is -2.12. The van der Waals surface area contributed by atoms with Gasteiger partial charge in [-0.05, 0) is 19.1 Å². The maximum Gasteiger partial charge on any atom is 0.371 e. The molecule has 2 rings (SSSR count). The van der Waals surface area contributed by atoms with Crippen molar-refractivity contribution in [2.75, 3.05) is 5.75 Å². The lowest BCUT2D eigenvalue weighted by molar-refractivity contribution is 0.0660. The number of hydrogen-bond acceptors (Lipinski definition) is 4. The second-order valence-electron chi connectivity index (χ2n) is 4.59. The van der Waals surface area contributed by atoms with Gasteiger partial charge >= 0.3 is 5.97 Å². The van der Waals surface area contributed by atoms with Crippen molar-refractivity contribution in [3.8, 4) is 0 Å². The van der Waals surface area contributed by atoms with E-state index in [1.54, 1.807) is 12.1 Å². The Morgan fingerprint density at radius 1 is 1.14 bits per heavy atom. The number of ketones is 1. The second-order valence-corrected chi connectivity index (χ2v) is 6.05. The second kappa shape index (κ2) is 6.49. The first-order chi connectivity index (χ1) is 9.95. The van der Waals surface area contributed by atoms with Crippen molar-refractivity contribution < 1.29 is 23.3 Å². The van der Waals surface area contributed by atoms with Gasteiger partial charge in [0, 0.05) is 16.4 Å². The third kappa shape index (κ3) is 4.13. The molecule has 0 aliphatic carbocycles. The number of Topliss-reactive ketones (excluding diaryl/α,β-unsaturated/α-hetero) is 1. The number of aromatic carboxylic acids is 1. The maximum absolute atomic E-state index is 12.0. The van der Waals surface area contributed by atoms with Gasteiger partial charge in [-0.25, -0.2) is 4.79 Å². The van der Waals surface area contributed by atoms with Crippen molar-refractivity contribution in [1.82, 2.24) is 0 Å². The fourth-order valence-electron chi connectivity index (χ4n) is 1.75. The Balaban J connectivity index is 1.96. The Hall–Kier alpha value is -2.21. The molecule has 2 aromatic rings. The van der Waals surface area contributed by atoms with E-state index in [1.165, 1.54) is 12.1 Å². The van der Waals surface area contributed by atoms with E-state index in [0.717, 1.165) is 5.56 Å². The lowest BCUT2D eigenvalue weighted by Gasteiger charge is -2.01. The van der Waals surface area contributed by atoms with Crippen molar-refractivity contribution in [2.45, 2.75) is 12.7 Å². The molecule has 1 aromatic carbocycles. The van der Waals surface area contributed by atoms with Crippen molar-refractivity contribution in [3.63, 3.8) is 0 Å². The van der Waals surface area contributed by atoms with Crippen LogP contribution < -0.4 is 0 Å². The van der Waals surface area contributed by atoms with Gasteiger partial charge in [-0.1, -0.05) is 29.8 Å². The molecule has 0 saturated carbocycles. The number of carbonyl (C=O) groups excluding carboxylic acids is 1. The van der Waals surface area contributed by atoms with Gasteiger partial charge < -0.3 is 9.52 Å². The summed E-state index contributed by atoms with van der Waals surface area (Å²) >= 11 is 0. The molecular weight excluding hydrogens is 292 g/mol. The summed E-state index contributed by atoms with van der Waals surface area (Å²) in [6, 6.07) is 9.80. The van der Waals surface area contributed by atoms with Gasteiger partial charge in [0.15, 0.2) is 5.78 Å². The zero-order valence-corrected chi connectivity index (χ0v) is 12.2. The van der Waals surface area contributed by atoms with Crippen LogP contribution in [-0.4, -0.2) is 26.8 Å². The summed E-state index contributed by atoms with van der Waals surface area (Å²) in [7, 11) is -1.44. The van der Waals surface area contributed by atoms with Crippen LogP contribution in [0.15, 0.2) is 40.8 Å². The zero-order valence-electron chi connectivity index (χ0n) is 11.4. The molecule has 1 unspecified atom stereocenters. The van der Waals surface area contributed by atoms with E-state index in [1.807, 2.05) is 19.1 Å². The Kier molecular flexibility index (Phi) is 4.70. The van der Waals surface area contributed by atoms with E-state index >= 15 is 0 Å². The molecule has 0 amide bonds. The van der Waals surface area contributed by atoms with E-state index in [-0.39, 0.29) is 23.0 Å². The maximum atomic E-state index is 12.0. The number of carboxylic acids is 1. The highest BCUT2D eigenvalue weighted by atomic mass is 32.2. The molecule has 1 N–H and O–H groups in total. The Labute approximate surface area is 124 Å². The van der Waals surface area contributed by atoms with Gasteiger partial charge in [0.05, 0.1) is 11.5 Å². The minimum atomic E-state index is -1.44. The summed E-state index contributed by atoms with van der Waals surface area (Å²) in [5.41, 5.74) is 1.56. The Bertz CT molecular complexity index is 684. The van der Waals surface area contributed by atoms with E-state index in [9.17, 15) is 13.8 Å². The van der Waals surface area contributed by atoms with Crippen LogP contribution in [0.1, 0.15) is 32.2 Å². The molecule has 21 heavy (non-hydrogen) atoms. The smallest absolute Gasteiger partial charge is 0.371 e. The van der Waals surface area contributed by atoms with Crippen LogP contribution in [0, 0.1) is 6.92 Å². The average Bonchev–Trinajstić information content (AvgIpc) is 2.87. The van der Waals surface area contributed by atoms with Gasteiger partial charge in [0.25, 0.3) is 0 Å². The molecule has 0 spiro atoms. The lowest BCUT2D eigenvalue weighted by atomic mass is 10.1. The molecule has 1 aromatic heterocycles. The molecule has 1 heterocycles. The first kappa shape index (κ1) is 15.2. The van der Waals surface area contributed by atoms with E-state index in [4.69, 9.17) is 9.52 Å². The summed E-state index contributed by atoms with van der Waals surface area (Å²) in [6.07, 6.45) is 0. The van der Waals surface area contributed by atoms with Crippen molar-refractivity contribution in [3.05, 3.63) is 59.0 Å². The summed E-state index contributed by atoms with van der Waals surface area (Å²) < 4.78 is 16.9. The number of furan rings is 1. The fraction of sp³-hybridized carbons (Fsp3) is 0.200. The quantitative estimate of drug-likeness (QED) is 0.828. The standard InChI is InChI=1S/C15H14O5S/c1-10-2-4-11(5-3-10)13(16)9-21(19)8-12-6-7-14(20-12)15(17)18/h2-7H,8-9H2,1H3,(H,17,18). The number of hydrogen-bond donors (Lipinski definition) is 1. The van der Waals surface area contributed by atoms with Gasteiger partial charge in [0.1, 0.15) is 5.76 Å². The number of aryl methyl sites for hydroxylation is 1. The van der Waals surface area contributed by atoms with Crippen LogP contribution >= 0.6 is 0 Å². The topological polar surface area (TPSA) is 84.6 Å². The van der Waals surface area contributed by atoms with Gasteiger partial charge in [0.2, 0.25) is 5.76 Å². The molecule has 1 atom stereocenters. The third-order valence-corrected chi connectivity index (χ3v) is 4.03. The minimum Gasteiger partial charge on any atom is -0.475 e. The summed E-state index contributed by atoms with van der Waals surface area (Å²) in [6.45, 7) is 1.92. The minimum absolute atomic E-state index is 0.0187. The van der Waals surface area contributed by atoms with Crippen molar-refractivity contribution >= 4 is 22.6 Å². The third-order valence-electron chi connectivity index (χ3n) is 2.84. The van der Waals surface area contributed by atoms with Gasteiger partial charge in [-0.15, -0.1) is 0 Å². The van der Waals surface area contributed by atoms with E-state index in [2.05, 4.69) is 0 Å². The molecular formula is C15H14O5S. The van der Waals surface area contributed by atoms with Gasteiger partial charge in [-0.3, -0.25) is 9.00 Å². The Morgan fingerprint density at radius 3 is 2.38 bits per heavy atom. The first-order valence-corrected chi connectivity index (χ1v) is 7.71. The normalized spacial score (nSPS) is 12.0. The highest BCUT2D eigenvalue weighted by Gasteiger charge is 2.14. The fourth-order valence-corrected chi connectivity index (χ4v) is 2.78. The predicted molar refractivity (Wildman–Crippen MR) is 77.9 cm³/mol.